The van der Waals surface area contributed by atoms with Crippen molar-refractivity contribution in [3.8, 4) is 0 Å². The maximum absolute atomic E-state index is 5.91. The van der Waals surface area contributed by atoms with Gasteiger partial charge in [0.15, 0.2) is 0 Å². The van der Waals surface area contributed by atoms with Crippen LogP contribution >= 0.6 is 11.6 Å². The molecule has 0 radical (unpaired) electrons. The molecule has 0 unspecified atom stereocenters. The average Bonchev–Trinajstić information content (AvgIpc) is 3.20. The Kier molecular flexibility index (Phi) is 4.63. The fraction of sp³-hybridized carbons (Fsp3) is 0.412. The number of nitrogens with zero attached hydrogens (tertiary/aromatic N) is 1. The van der Waals surface area contributed by atoms with E-state index in [1.165, 1.54) is 24.0 Å². The van der Waals surface area contributed by atoms with Crippen molar-refractivity contribution in [2.24, 2.45) is 0 Å². The van der Waals surface area contributed by atoms with E-state index < -0.39 is 0 Å². The number of hydrogen-bond donors (Lipinski definition) is 1. The quantitative estimate of drug-likeness (QED) is 0.843. The van der Waals surface area contributed by atoms with E-state index in [-0.39, 0.29) is 0 Å². The van der Waals surface area contributed by atoms with E-state index in [1.807, 2.05) is 12.1 Å². The van der Waals surface area contributed by atoms with Crippen molar-refractivity contribution in [1.82, 2.24) is 10.2 Å². The fourth-order valence-corrected chi connectivity index (χ4v) is 2.53. The first-order valence-corrected chi connectivity index (χ1v) is 7.80. The number of nitrogens with one attached hydrogen (secondary N) is 1. The van der Waals surface area contributed by atoms with Crippen LogP contribution in [-0.4, -0.2) is 18.0 Å². The maximum atomic E-state index is 5.91. The molecule has 1 saturated carbocycles. The Morgan fingerprint density at radius 3 is 2.67 bits per heavy atom. The van der Waals surface area contributed by atoms with Gasteiger partial charge in [0.25, 0.3) is 0 Å². The van der Waals surface area contributed by atoms with Gasteiger partial charge in [0.1, 0.15) is 5.76 Å². The fourth-order valence-electron chi connectivity index (χ4n) is 2.41. The molecule has 3 nitrogen and oxygen atoms in total. The van der Waals surface area contributed by atoms with Crippen LogP contribution in [0.15, 0.2) is 41.0 Å². The molecular formula is C17H21ClN2O. The van der Waals surface area contributed by atoms with E-state index in [2.05, 4.69) is 35.5 Å². The van der Waals surface area contributed by atoms with E-state index in [0.717, 1.165) is 36.5 Å². The zero-order valence-electron chi connectivity index (χ0n) is 12.3. The topological polar surface area (TPSA) is 28.4 Å². The van der Waals surface area contributed by atoms with E-state index in [4.69, 9.17) is 16.0 Å². The van der Waals surface area contributed by atoms with E-state index >= 15 is 0 Å². The number of hydrogen-bond acceptors (Lipinski definition) is 3. The second kappa shape index (κ2) is 6.65. The third kappa shape index (κ3) is 4.34. The van der Waals surface area contributed by atoms with Gasteiger partial charge in [0.05, 0.1) is 12.8 Å². The Hall–Kier alpha value is -1.29. The zero-order chi connectivity index (χ0) is 14.7. The molecular weight excluding hydrogens is 284 g/mol. The minimum absolute atomic E-state index is 0.722. The molecule has 0 bridgehead atoms. The van der Waals surface area contributed by atoms with Crippen molar-refractivity contribution in [3.05, 3.63) is 58.5 Å². The molecule has 1 aliphatic rings. The van der Waals surface area contributed by atoms with Gasteiger partial charge < -0.3 is 9.73 Å². The summed E-state index contributed by atoms with van der Waals surface area (Å²) in [6.07, 6.45) is 4.41. The summed E-state index contributed by atoms with van der Waals surface area (Å²) < 4.78 is 5.64. The minimum Gasteiger partial charge on any atom is -0.468 e. The van der Waals surface area contributed by atoms with Crippen LogP contribution in [0.25, 0.3) is 0 Å². The lowest BCUT2D eigenvalue weighted by molar-refractivity contribution is 0.286. The Balaban J connectivity index is 1.55. The molecule has 4 heteroatoms. The summed E-state index contributed by atoms with van der Waals surface area (Å²) in [5, 5.41) is 4.31. The molecule has 0 saturated heterocycles. The van der Waals surface area contributed by atoms with Gasteiger partial charge >= 0.3 is 0 Å². The maximum Gasteiger partial charge on any atom is 0.122 e. The smallest absolute Gasteiger partial charge is 0.122 e. The highest BCUT2D eigenvalue weighted by Gasteiger charge is 2.21. The SMILES string of the molecule is CN(Cc1ccc(Cl)cc1)Cc1occc1CNC1CC1. The second-order valence-electron chi connectivity index (χ2n) is 5.82. The first-order chi connectivity index (χ1) is 10.2. The molecule has 1 N–H and O–H groups in total. The summed E-state index contributed by atoms with van der Waals surface area (Å²) in [6.45, 7) is 2.61. The van der Waals surface area contributed by atoms with Gasteiger partial charge in [-0.2, -0.15) is 0 Å². The normalized spacial score (nSPS) is 14.8. The number of halogens is 1. The van der Waals surface area contributed by atoms with Crippen molar-refractivity contribution < 1.29 is 4.42 Å². The molecule has 1 heterocycles. The van der Waals surface area contributed by atoms with Gasteiger partial charge in [0, 0.05) is 29.7 Å². The molecule has 3 rings (SSSR count). The monoisotopic (exact) mass is 304 g/mol. The molecule has 1 aromatic heterocycles. The van der Waals surface area contributed by atoms with Gasteiger partial charge in [-0.25, -0.2) is 0 Å². The van der Waals surface area contributed by atoms with Crippen molar-refractivity contribution in [2.75, 3.05) is 7.05 Å². The highest BCUT2D eigenvalue weighted by Crippen LogP contribution is 2.21. The van der Waals surface area contributed by atoms with Crippen LogP contribution in [0.2, 0.25) is 5.02 Å². The Labute approximate surface area is 130 Å². The van der Waals surface area contributed by atoms with Gasteiger partial charge in [0.2, 0.25) is 0 Å². The summed E-state index contributed by atoms with van der Waals surface area (Å²) in [5.41, 5.74) is 2.52. The van der Waals surface area contributed by atoms with E-state index in [1.54, 1.807) is 6.26 Å². The van der Waals surface area contributed by atoms with Crippen molar-refractivity contribution in [1.29, 1.82) is 0 Å². The first kappa shape index (κ1) is 14.6. The summed E-state index contributed by atoms with van der Waals surface area (Å²) in [7, 11) is 2.11. The molecule has 0 spiro atoms. The molecule has 112 valence electrons. The summed E-state index contributed by atoms with van der Waals surface area (Å²) in [4.78, 5) is 2.25. The lowest BCUT2D eigenvalue weighted by Gasteiger charge is -2.16. The van der Waals surface area contributed by atoms with Crippen molar-refractivity contribution >= 4 is 11.6 Å². The molecule has 0 aliphatic heterocycles. The van der Waals surface area contributed by atoms with Crippen LogP contribution < -0.4 is 5.32 Å². The van der Waals surface area contributed by atoms with E-state index in [0.29, 0.717) is 0 Å². The van der Waals surface area contributed by atoms with Crippen LogP contribution in [0, 0.1) is 0 Å². The predicted octanol–water partition coefficient (Wildman–Crippen LogP) is 3.82. The van der Waals surface area contributed by atoms with Crippen molar-refractivity contribution in [2.45, 2.75) is 38.5 Å². The standard InChI is InChI=1S/C17H21ClN2O/c1-20(11-13-2-4-15(18)5-3-13)12-17-14(8-9-21-17)10-19-16-6-7-16/h2-5,8-9,16,19H,6-7,10-12H2,1H3. The first-order valence-electron chi connectivity index (χ1n) is 7.42. The van der Waals surface area contributed by atoms with Crippen LogP contribution in [0.3, 0.4) is 0 Å². The number of rotatable bonds is 7. The Morgan fingerprint density at radius 1 is 1.19 bits per heavy atom. The van der Waals surface area contributed by atoms with Gasteiger partial charge in [-0.1, -0.05) is 23.7 Å². The highest BCUT2D eigenvalue weighted by atomic mass is 35.5. The molecule has 1 aromatic carbocycles. The van der Waals surface area contributed by atoms with Gasteiger partial charge in [-0.15, -0.1) is 0 Å². The minimum atomic E-state index is 0.722. The Bertz CT molecular complexity index is 575. The predicted molar refractivity (Wildman–Crippen MR) is 85.2 cm³/mol. The lowest BCUT2D eigenvalue weighted by atomic mass is 10.2. The summed E-state index contributed by atoms with van der Waals surface area (Å²) in [5.74, 6) is 1.06. The van der Waals surface area contributed by atoms with Crippen molar-refractivity contribution in [3.63, 3.8) is 0 Å². The van der Waals surface area contributed by atoms with Gasteiger partial charge in [-0.05, 0) is 43.7 Å². The molecule has 0 atom stereocenters. The Morgan fingerprint density at radius 2 is 1.95 bits per heavy atom. The van der Waals surface area contributed by atoms with Crippen LogP contribution in [-0.2, 0) is 19.6 Å². The molecule has 21 heavy (non-hydrogen) atoms. The third-order valence-corrected chi connectivity index (χ3v) is 4.03. The molecule has 0 amide bonds. The number of benzene rings is 1. The number of furan rings is 1. The average molecular weight is 305 g/mol. The lowest BCUT2D eigenvalue weighted by Crippen LogP contribution is -2.20. The zero-order valence-corrected chi connectivity index (χ0v) is 13.1. The van der Waals surface area contributed by atoms with Gasteiger partial charge in [-0.3, -0.25) is 4.90 Å². The summed E-state index contributed by atoms with van der Waals surface area (Å²) in [6, 6.07) is 10.8. The molecule has 1 fully saturated rings. The second-order valence-corrected chi connectivity index (χ2v) is 6.26. The third-order valence-electron chi connectivity index (χ3n) is 3.78. The summed E-state index contributed by atoms with van der Waals surface area (Å²) >= 11 is 5.91. The molecule has 1 aliphatic carbocycles. The molecule has 2 aromatic rings. The highest BCUT2D eigenvalue weighted by molar-refractivity contribution is 6.30. The van der Waals surface area contributed by atoms with Crippen LogP contribution in [0.1, 0.15) is 29.7 Å². The largest absolute Gasteiger partial charge is 0.468 e. The van der Waals surface area contributed by atoms with Crippen LogP contribution in [0.4, 0.5) is 0 Å². The van der Waals surface area contributed by atoms with E-state index in [9.17, 15) is 0 Å². The van der Waals surface area contributed by atoms with Crippen LogP contribution in [0.5, 0.6) is 0 Å².